The predicted octanol–water partition coefficient (Wildman–Crippen LogP) is 0.734. The van der Waals surface area contributed by atoms with Crippen molar-refractivity contribution in [3.63, 3.8) is 0 Å². The second-order valence-corrected chi connectivity index (χ2v) is 3.52. The molecule has 88 valence electrons. The highest BCUT2D eigenvalue weighted by Gasteiger charge is 2.17. The lowest BCUT2D eigenvalue weighted by atomic mass is 10.2. The summed E-state index contributed by atoms with van der Waals surface area (Å²) in [7, 11) is 0. The van der Waals surface area contributed by atoms with Gasteiger partial charge in [0.15, 0.2) is 0 Å². The number of halogens is 2. The van der Waals surface area contributed by atoms with E-state index in [1.54, 1.807) is 0 Å². The number of amides is 1. The van der Waals surface area contributed by atoms with Gasteiger partial charge in [0.1, 0.15) is 11.5 Å². The fourth-order valence-electron chi connectivity index (χ4n) is 1.55. The first-order valence-electron chi connectivity index (χ1n) is 4.89. The smallest absolute Gasteiger partial charge is 0.270 e. The Morgan fingerprint density at radius 1 is 1.56 bits per heavy atom. The van der Waals surface area contributed by atoms with Gasteiger partial charge in [0.2, 0.25) is 0 Å². The van der Waals surface area contributed by atoms with Gasteiger partial charge in [-0.25, -0.2) is 9.37 Å². The lowest BCUT2D eigenvalue weighted by Crippen LogP contribution is -2.36. The molecule has 1 aliphatic heterocycles. The van der Waals surface area contributed by atoms with E-state index in [4.69, 9.17) is 0 Å². The average molecular weight is 246 g/mol. The number of rotatable bonds is 2. The summed E-state index contributed by atoms with van der Waals surface area (Å²) in [5, 5.41) is 5.97. The molecule has 1 fully saturated rings. The summed E-state index contributed by atoms with van der Waals surface area (Å²) in [5.74, 6) is -0.683. The summed E-state index contributed by atoms with van der Waals surface area (Å²) in [6, 6.07) is 2.77. The Morgan fingerprint density at radius 2 is 2.38 bits per heavy atom. The van der Waals surface area contributed by atoms with Crippen molar-refractivity contribution in [2.45, 2.75) is 12.5 Å². The molecule has 1 aromatic rings. The van der Waals surface area contributed by atoms with E-state index in [-0.39, 0.29) is 30.0 Å². The number of nitrogens with one attached hydrogen (secondary N) is 2. The standard InChI is InChI=1S/C10H12FN3O.ClH/c11-7-1-2-9(13-5-7)10(15)14-8-3-4-12-6-8;/h1-2,5,8,12H,3-4,6H2,(H,14,15);1H. The van der Waals surface area contributed by atoms with Gasteiger partial charge >= 0.3 is 0 Å². The van der Waals surface area contributed by atoms with Crippen LogP contribution in [0.1, 0.15) is 16.9 Å². The first-order valence-corrected chi connectivity index (χ1v) is 4.89. The zero-order valence-corrected chi connectivity index (χ0v) is 9.39. The van der Waals surface area contributed by atoms with E-state index in [0.717, 1.165) is 25.7 Å². The molecule has 0 aliphatic carbocycles. The SMILES string of the molecule is Cl.O=C(NC1CCNC1)c1ccc(F)cn1. The molecule has 0 radical (unpaired) electrons. The van der Waals surface area contributed by atoms with Gasteiger partial charge in [-0.3, -0.25) is 4.79 Å². The highest BCUT2D eigenvalue weighted by atomic mass is 35.5. The van der Waals surface area contributed by atoms with Gasteiger partial charge in [-0.2, -0.15) is 0 Å². The largest absolute Gasteiger partial charge is 0.347 e. The van der Waals surface area contributed by atoms with Crippen molar-refractivity contribution in [2.24, 2.45) is 0 Å². The van der Waals surface area contributed by atoms with Crippen LogP contribution < -0.4 is 10.6 Å². The number of aromatic nitrogens is 1. The first kappa shape index (κ1) is 12.9. The van der Waals surface area contributed by atoms with Crippen LogP contribution >= 0.6 is 12.4 Å². The maximum atomic E-state index is 12.6. The summed E-state index contributed by atoms with van der Waals surface area (Å²) >= 11 is 0. The molecule has 2 N–H and O–H groups in total. The van der Waals surface area contributed by atoms with Crippen LogP contribution in [-0.2, 0) is 0 Å². The Kier molecular flexibility index (Phi) is 4.64. The Labute approximate surface area is 99.0 Å². The predicted molar refractivity (Wildman–Crippen MR) is 60.2 cm³/mol. The van der Waals surface area contributed by atoms with Gasteiger partial charge < -0.3 is 10.6 Å². The zero-order chi connectivity index (χ0) is 10.7. The monoisotopic (exact) mass is 245 g/mol. The van der Waals surface area contributed by atoms with E-state index in [0.29, 0.717) is 0 Å². The topological polar surface area (TPSA) is 54.0 Å². The van der Waals surface area contributed by atoms with Crippen molar-refractivity contribution < 1.29 is 9.18 Å². The molecule has 16 heavy (non-hydrogen) atoms. The van der Waals surface area contributed by atoms with Gasteiger partial charge in [0.25, 0.3) is 5.91 Å². The maximum absolute atomic E-state index is 12.6. The number of hydrogen-bond donors (Lipinski definition) is 2. The second-order valence-electron chi connectivity index (χ2n) is 3.52. The Hall–Kier alpha value is -1.20. The van der Waals surface area contributed by atoms with E-state index >= 15 is 0 Å². The molecule has 4 nitrogen and oxygen atoms in total. The van der Waals surface area contributed by atoms with Crippen LogP contribution in [0.4, 0.5) is 4.39 Å². The minimum atomic E-state index is -0.436. The van der Waals surface area contributed by atoms with E-state index in [9.17, 15) is 9.18 Å². The Bertz CT molecular complexity index is 352. The minimum Gasteiger partial charge on any atom is -0.347 e. The number of hydrogen-bond acceptors (Lipinski definition) is 3. The fraction of sp³-hybridized carbons (Fsp3) is 0.400. The molecule has 0 bridgehead atoms. The molecule has 1 atom stereocenters. The normalized spacial score (nSPS) is 18.9. The third-order valence-corrected chi connectivity index (χ3v) is 2.36. The quantitative estimate of drug-likeness (QED) is 0.808. The average Bonchev–Trinajstić information content (AvgIpc) is 2.71. The summed E-state index contributed by atoms with van der Waals surface area (Å²) in [5.41, 5.74) is 0.253. The van der Waals surface area contributed by atoms with E-state index in [2.05, 4.69) is 15.6 Å². The molecule has 1 unspecified atom stereocenters. The van der Waals surface area contributed by atoms with Crippen molar-refractivity contribution in [3.8, 4) is 0 Å². The molecule has 2 heterocycles. The zero-order valence-electron chi connectivity index (χ0n) is 8.57. The molecule has 2 rings (SSSR count). The number of carbonyl (C=O) groups excluding carboxylic acids is 1. The third kappa shape index (κ3) is 3.15. The molecule has 1 aromatic heterocycles. The molecule has 0 spiro atoms. The fourth-order valence-corrected chi connectivity index (χ4v) is 1.55. The summed E-state index contributed by atoms with van der Waals surface area (Å²) in [4.78, 5) is 15.3. The Morgan fingerprint density at radius 3 is 2.94 bits per heavy atom. The van der Waals surface area contributed by atoms with Crippen LogP contribution in [0.2, 0.25) is 0 Å². The van der Waals surface area contributed by atoms with Crippen molar-refractivity contribution >= 4 is 18.3 Å². The van der Waals surface area contributed by atoms with Gasteiger partial charge in [-0.05, 0) is 25.1 Å². The summed E-state index contributed by atoms with van der Waals surface area (Å²) in [6.07, 6.45) is 1.97. The lowest BCUT2D eigenvalue weighted by molar-refractivity contribution is 0.0935. The number of pyridine rings is 1. The lowest BCUT2D eigenvalue weighted by Gasteiger charge is -2.10. The van der Waals surface area contributed by atoms with E-state index in [1.807, 2.05) is 0 Å². The van der Waals surface area contributed by atoms with Gasteiger partial charge in [-0.1, -0.05) is 0 Å². The highest BCUT2D eigenvalue weighted by Crippen LogP contribution is 2.01. The van der Waals surface area contributed by atoms with Crippen molar-refractivity contribution in [1.82, 2.24) is 15.6 Å². The molecule has 6 heteroatoms. The van der Waals surface area contributed by atoms with Gasteiger partial charge in [0.05, 0.1) is 6.20 Å². The van der Waals surface area contributed by atoms with E-state index in [1.165, 1.54) is 12.1 Å². The second kappa shape index (κ2) is 5.77. The Balaban J connectivity index is 0.00000128. The summed E-state index contributed by atoms with van der Waals surface area (Å²) in [6.45, 7) is 1.70. The van der Waals surface area contributed by atoms with Gasteiger partial charge in [-0.15, -0.1) is 12.4 Å². The number of nitrogens with zero attached hydrogens (tertiary/aromatic N) is 1. The van der Waals surface area contributed by atoms with Crippen LogP contribution in [0.3, 0.4) is 0 Å². The number of carbonyl (C=O) groups is 1. The summed E-state index contributed by atoms with van der Waals surface area (Å²) < 4.78 is 12.6. The third-order valence-electron chi connectivity index (χ3n) is 2.36. The van der Waals surface area contributed by atoms with Crippen LogP contribution in [0.25, 0.3) is 0 Å². The van der Waals surface area contributed by atoms with Crippen LogP contribution in [0.15, 0.2) is 18.3 Å². The molecule has 0 saturated carbocycles. The van der Waals surface area contributed by atoms with Crippen LogP contribution in [0.5, 0.6) is 0 Å². The minimum absolute atomic E-state index is 0. The van der Waals surface area contributed by atoms with E-state index < -0.39 is 5.82 Å². The molecule has 1 saturated heterocycles. The molecular formula is C10H13ClFN3O. The van der Waals surface area contributed by atoms with Crippen molar-refractivity contribution in [2.75, 3.05) is 13.1 Å². The molecule has 1 amide bonds. The van der Waals surface area contributed by atoms with Crippen molar-refractivity contribution in [1.29, 1.82) is 0 Å². The molecule has 0 aromatic carbocycles. The van der Waals surface area contributed by atoms with Crippen LogP contribution in [-0.4, -0.2) is 30.0 Å². The van der Waals surface area contributed by atoms with Crippen LogP contribution in [0, 0.1) is 5.82 Å². The first-order chi connectivity index (χ1) is 7.25. The van der Waals surface area contributed by atoms with Crippen molar-refractivity contribution in [3.05, 3.63) is 29.8 Å². The maximum Gasteiger partial charge on any atom is 0.270 e. The highest BCUT2D eigenvalue weighted by molar-refractivity contribution is 5.92. The molecular weight excluding hydrogens is 233 g/mol. The van der Waals surface area contributed by atoms with Gasteiger partial charge in [0, 0.05) is 12.6 Å². The molecule has 1 aliphatic rings.